The van der Waals surface area contributed by atoms with Gasteiger partial charge in [-0.15, -0.1) is 0 Å². The van der Waals surface area contributed by atoms with Crippen molar-refractivity contribution in [2.75, 3.05) is 26.4 Å². The Morgan fingerprint density at radius 3 is 2.56 bits per heavy atom. The zero-order chi connectivity index (χ0) is 18.3. The first-order valence-corrected chi connectivity index (χ1v) is 8.06. The second kappa shape index (κ2) is 8.48. The Labute approximate surface area is 145 Å². The number of aliphatic carboxylic acids is 1. The SMILES string of the molecule is CCOc1ccc(C(=O)NCC(=O)NC2(CC(=O)O)CCOC2)cc1. The Bertz CT molecular complexity index is 623. The average molecular weight is 350 g/mol. The molecule has 2 amide bonds. The molecule has 25 heavy (non-hydrogen) atoms. The molecule has 136 valence electrons. The van der Waals surface area contributed by atoms with E-state index in [1.54, 1.807) is 24.3 Å². The van der Waals surface area contributed by atoms with Crippen LogP contribution in [-0.4, -0.2) is 54.8 Å². The molecular weight excluding hydrogens is 328 g/mol. The van der Waals surface area contributed by atoms with E-state index in [1.807, 2.05) is 6.92 Å². The van der Waals surface area contributed by atoms with Gasteiger partial charge < -0.3 is 25.2 Å². The number of carbonyl (C=O) groups excluding carboxylic acids is 2. The third kappa shape index (κ3) is 5.46. The Hall–Kier alpha value is -2.61. The second-order valence-electron chi connectivity index (χ2n) is 5.84. The first-order chi connectivity index (χ1) is 11.9. The maximum Gasteiger partial charge on any atom is 0.305 e. The highest BCUT2D eigenvalue weighted by Crippen LogP contribution is 2.22. The Morgan fingerprint density at radius 1 is 1.28 bits per heavy atom. The van der Waals surface area contributed by atoms with Crippen molar-refractivity contribution in [3.8, 4) is 5.75 Å². The summed E-state index contributed by atoms with van der Waals surface area (Å²) in [4.78, 5) is 35.1. The van der Waals surface area contributed by atoms with Crippen LogP contribution in [0.3, 0.4) is 0 Å². The highest BCUT2D eigenvalue weighted by Gasteiger charge is 2.38. The van der Waals surface area contributed by atoms with E-state index < -0.39 is 23.3 Å². The maximum atomic E-state index is 12.1. The molecule has 1 aromatic rings. The highest BCUT2D eigenvalue weighted by molar-refractivity contribution is 5.96. The molecule has 1 atom stereocenters. The van der Waals surface area contributed by atoms with E-state index in [-0.39, 0.29) is 19.6 Å². The summed E-state index contributed by atoms with van der Waals surface area (Å²) < 4.78 is 10.5. The van der Waals surface area contributed by atoms with E-state index in [9.17, 15) is 14.4 Å². The number of carboxylic acids is 1. The van der Waals surface area contributed by atoms with Gasteiger partial charge in [0.2, 0.25) is 5.91 Å². The number of rotatable bonds is 8. The number of nitrogens with one attached hydrogen (secondary N) is 2. The van der Waals surface area contributed by atoms with Crippen molar-refractivity contribution < 1.29 is 29.0 Å². The smallest absolute Gasteiger partial charge is 0.305 e. The van der Waals surface area contributed by atoms with E-state index in [0.29, 0.717) is 30.9 Å². The van der Waals surface area contributed by atoms with Gasteiger partial charge in [-0.25, -0.2) is 0 Å². The van der Waals surface area contributed by atoms with E-state index in [1.165, 1.54) is 0 Å². The predicted molar refractivity (Wildman–Crippen MR) is 88.5 cm³/mol. The number of ether oxygens (including phenoxy) is 2. The Morgan fingerprint density at radius 2 is 2.00 bits per heavy atom. The van der Waals surface area contributed by atoms with Crippen LogP contribution in [0.4, 0.5) is 0 Å². The summed E-state index contributed by atoms with van der Waals surface area (Å²) in [6, 6.07) is 6.57. The van der Waals surface area contributed by atoms with Crippen molar-refractivity contribution in [3.63, 3.8) is 0 Å². The van der Waals surface area contributed by atoms with Gasteiger partial charge in [-0.2, -0.15) is 0 Å². The number of amides is 2. The summed E-state index contributed by atoms with van der Waals surface area (Å²) in [7, 11) is 0. The third-order valence-electron chi connectivity index (χ3n) is 3.83. The van der Waals surface area contributed by atoms with Gasteiger partial charge in [0.05, 0.1) is 31.7 Å². The number of hydrogen-bond acceptors (Lipinski definition) is 5. The van der Waals surface area contributed by atoms with Crippen molar-refractivity contribution >= 4 is 17.8 Å². The van der Waals surface area contributed by atoms with Crippen LogP contribution < -0.4 is 15.4 Å². The summed E-state index contributed by atoms with van der Waals surface area (Å²) in [5.74, 6) is -1.20. The van der Waals surface area contributed by atoms with Gasteiger partial charge in [-0.3, -0.25) is 14.4 Å². The Kier molecular flexibility index (Phi) is 6.35. The van der Waals surface area contributed by atoms with Gasteiger partial charge in [0.25, 0.3) is 5.91 Å². The van der Waals surface area contributed by atoms with Crippen LogP contribution in [-0.2, 0) is 14.3 Å². The first kappa shape index (κ1) is 18.7. The van der Waals surface area contributed by atoms with Gasteiger partial charge in [0, 0.05) is 12.2 Å². The standard InChI is InChI=1S/C17H22N2O6/c1-2-25-13-5-3-12(4-6-13)16(23)18-10-14(20)19-17(9-15(21)22)7-8-24-11-17/h3-6H,2,7-11H2,1H3,(H,18,23)(H,19,20)(H,21,22). The lowest BCUT2D eigenvalue weighted by molar-refractivity contribution is -0.139. The molecule has 1 heterocycles. The zero-order valence-corrected chi connectivity index (χ0v) is 14.0. The fourth-order valence-electron chi connectivity index (χ4n) is 2.65. The molecule has 1 fully saturated rings. The molecule has 1 aliphatic heterocycles. The van der Waals surface area contributed by atoms with Crippen LogP contribution in [0.25, 0.3) is 0 Å². The molecule has 2 rings (SSSR count). The zero-order valence-electron chi connectivity index (χ0n) is 14.0. The summed E-state index contributed by atoms with van der Waals surface area (Å²) in [6.07, 6.45) is 0.212. The molecule has 8 nitrogen and oxygen atoms in total. The largest absolute Gasteiger partial charge is 0.494 e. The molecule has 1 aliphatic rings. The van der Waals surface area contributed by atoms with Crippen LogP contribution in [0.5, 0.6) is 5.75 Å². The monoisotopic (exact) mass is 350 g/mol. The van der Waals surface area contributed by atoms with Gasteiger partial charge in [-0.05, 0) is 37.6 Å². The summed E-state index contributed by atoms with van der Waals surface area (Å²) in [5, 5.41) is 14.2. The topological polar surface area (TPSA) is 114 Å². The molecule has 0 radical (unpaired) electrons. The van der Waals surface area contributed by atoms with Crippen molar-refractivity contribution in [3.05, 3.63) is 29.8 Å². The minimum Gasteiger partial charge on any atom is -0.494 e. The van der Waals surface area contributed by atoms with Crippen molar-refractivity contribution in [1.82, 2.24) is 10.6 Å². The molecule has 3 N–H and O–H groups in total. The Balaban J connectivity index is 1.86. The molecule has 0 aromatic heterocycles. The minimum absolute atomic E-state index is 0.151. The van der Waals surface area contributed by atoms with Gasteiger partial charge in [-0.1, -0.05) is 0 Å². The minimum atomic E-state index is -1.01. The molecule has 0 aliphatic carbocycles. The van der Waals surface area contributed by atoms with Crippen molar-refractivity contribution in [2.45, 2.75) is 25.3 Å². The molecule has 0 saturated carbocycles. The van der Waals surface area contributed by atoms with Crippen LogP contribution in [0.1, 0.15) is 30.1 Å². The van der Waals surface area contributed by atoms with Gasteiger partial charge in [0.15, 0.2) is 0 Å². The average Bonchev–Trinajstić information content (AvgIpc) is 3.00. The van der Waals surface area contributed by atoms with E-state index in [2.05, 4.69) is 10.6 Å². The quantitative estimate of drug-likeness (QED) is 0.631. The molecule has 0 bridgehead atoms. The fraction of sp³-hybridized carbons (Fsp3) is 0.471. The van der Waals surface area contributed by atoms with Crippen molar-refractivity contribution in [1.29, 1.82) is 0 Å². The summed E-state index contributed by atoms with van der Waals surface area (Å²) >= 11 is 0. The molecule has 8 heteroatoms. The number of carboxylic acid groups (broad SMARTS) is 1. The molecule has 1 aromatic carbocycles. The van der Waals surface area contributed by atoms with E-state index in [0.717, 1.165) is 0 Å². The fourth-order valence-corrected chi connectivity index (χ4v) is 2.65. The lowest BCUT2D eigenvalue weighted by atomic mass is 9.94. The lowest BCUT2D eigenvalue weighted by Crippen LogP contribution is -2.53. The maximum absolute atomic E-state index is 12.1. The van der Waals surface area contributed by atoms with Gasteiger partial charge >= 0.3 is 5.97 Å². The lowest BCUT2D eigenvalue weighted by Gasteiger charge is -2.27. The molecule has 1 unspecified atom stereocenters. The molecule has 1 saturated heterocycles. The van der Waals surface area contributed by atoms with Crippen LogP contribution in [0.15, 0.2) is 24.3 Å². The summed E-state index contributed by atoms with van der Waals surface area (Å²) in [6.45, 7) is 2.71. The number of carbonyl (C=O) groups is 3. The first-order valence-electron chi connectivity index (χ1n) is 8.06. The van der Waals surface area contributed by atoms with Crippen LogP contribution in [0.2, 0.25) is 0 Å². The summed E-state index contributed by atoms with van der Waals surface area (Å²) in [5.41, 5.74) is -0.507. The number of hydrogen-bond donors (Lipinski definition) is 3. The van der Waals surface area contributed by atoms with Crippen LogP contribution in [0, 0.1) is 0 Å². The van der Waals surface area contributed by atoms with E-state index in [4.69, 9.17) is 14.6 Å². The van der Waals surface area contributed by atoms with Crippen molar-refractivity contribution in [2.24, 2.45) is 0 Å². The third-order valence-corrected chi connectivity index (χ3v) is 3.83. The predicted octanol–water partition coefficient (Wildman–Crippen LogP) is 0.565. The van der Waals surface area contributed by atoms with E-state index >= 15 is 0 Å². The highest BCUT2D eigenvalue weighted by atomic mass is 16.5. The molecular formula is C17H22N2O6. The molecule has 0 spiro atoms. The number of benzene rings is 1. The normalized spacial score (nSPS) is 19.2. The second-order valence-corrected chi connectivity index (χ2v) is 5.84. The van der Waals surface area contributed by atoms with Crippen LogP contribution >= 0.6 is 0 Å². The van der Waals surface area contributed by atoms with Gasteiger partial charge in [0.1, 0.15) is 5.75 Å².